The number of piperazine rings is 1. The molecule has 0 radical (unpaired) electrons. The predicted octanol–water partition coefficient (Wildman–Crippen LogP) is 2.36. The molecular formula is C17H28N2O. The van der Waals surface area contributed by atoms with Gasteiger partial charge in [0, 0.05) is 32.7 Å². The van der Waals surface area contributed by atoms with Crippen LogP contribution < -0.4 is 0 Å². The average Bonchev–Trinajstić information content (AvgIpc) is 2.44. The van der Waals surface area contributed by atoms with Crippen LogP contribution in [0.2, 0.25) is 0 Å². The molecule has 1 unspecified atom stereocenters. The van der Waals surface area contributed by atoms with Crippen LogP contribution in [0, 0.1) is 13.8 Å². The Morgan fingerprint density at radius 2 is 1.75 bits per heavy atom. The first-order valence-corrected chi connectivity index (χ1v) is 7.80. The van der Waals surface area contributed by atoms with Gasteiger partial charge in [-0.15, -0.1) is 0 Å². The molecule has 0 spiro atoms. The fourth-order valence-corrected chi connectivity index (χ4v) is 2.97. The van der Waals surface area contributed by atoms with E-state index in [1.165, 1.54) is 24.1 Å². The molecule has 1 heterocycles. The second-order valence-electron chi connectivity index (χ2n) is 6.02. The molecule has 0 aromatic heterocycles. The zero-order chi connectivity index (χ0) is 14.5. The molecule has 1 aliphatic rings. The molecule has 112 valence electrons. The SMILES string of the molecule is CCCN1CCN(CC(O)c2cc(C)ccc2C)CC1. The van der Waals surface area contributed by atoms with Gasteiger partial charge in [0.1, 0.15) is 0 Å². The van der Waals surface area contributed by atoms with Crippen molar-refractivity contribution in [2.75, 3.05) is 39.3 Å². The van der Waals surface area contributed by atoms with Gasteiger partial charge >= 0.3 is 0 Å². The second kappa shape index (κ2) is 7.21. The Balaban J connectivity index is 1.89. The first-order valence-electron chi connectivity index (χ1n) is 7.80. The molecule has 0 aliphatic carbocycles. The Kier molecular flexibility index (Phi) is 5.58. The van der Waals surface area contributed by atoms with Gasteiger partial charge in [0.05, 0.1) is 6.10 Å². The number of β-amino-alcohol motifs (C(OH)–C–C–N with tert-alkyl or cyclic N) is 1. The standard InChI is InChI=1S/C17H28N2O/c1-4-7-18-8-10-19(11-9-18)13-17(20)16-12-14(2)5-6-15(16)3/h5-6,12,17,20H,4,7-11,13H2,1-3H3. The van der Waals surface area contributed by atoms with Crippen molar-refractivity contribution in [1.29, 1.82) is 0 Å². The highest BCUT2D eigenvalue weighted by molar-refractivity contribution is 5.32. The monoisotopic (exact) mass is 276 g/mol. The maximum absolute atomic E-state index is 10.5. The molecule has 1 N–H and O–H groups in total. The van der Waals surface area contributed by atoms with Crippen LogP contribution in [0.3, 0.4) is 0 Å². The van der Waals surface area contributed by atoms with E-state index in [0.29, 0.717) is 0 Å². The van der Waals surface area contributed by atoms with Gasteiger partial charge in [0.15, 0.2) is 0 Å². The summed E-state index contributed by atoms with van der Waals surface area (Å²) in [4.78, 5) is 4.90. The van der Waals surface area contributed by atoms with Crippen molar-refractivity contribution in [2.45, 2.75) is 33.3 Å². The van der Waals surface area contributed by atoms with Crippen molar-refractivity contribution in [3.8, 4) is 0 Å². The van der Waals surface area contributed by atoms with Crippen molar-refractivity contribution >= 4 is 0 Å². The van der Waals surface area contributed by atoms with Crippen LogP contribution in [0.25, 0.3) is 0 Å². The van der Waals surface area contributed by atoms with Crippen molar-refractivity contribution in [3.63, 3.8) is 0 Å². The lowest BCUT2D eigenvalue weighted by Crippen LogP contribution is -2.47. The molecule has 3 nitrogen and oxygen atoms in total. The van der Waals surface area contributed by atoms with E-state index in [1.54, 1.807) is 0 Å². The van der Waals surface area contributed by atoms with E-state index in [9.17, 15) is 5.11 Å². The van der Waals surface area contributed by atoms with E-state index in [0.717, 1.165) is 38.3 Å². The first-order chi connectivity index (χ1) is 9.60. The van der Waals surface area contributed by atoms with Gasteiger partial charge in [0.2, 0.25) is 0 Å². The molecule has 20 heavy (non-hydrogen) atoms. The minimum Gasteiger partial charge on any atom is -0.387 e. The molecular weight excluding hydrogens is 248 g/mol. The molecule has 0 amide bonds. The predicted molar refractivity (Wildman–Crippen MR) is 84.0 cm³/mol. The summed E-state index contributed by atoms with van der Waals surface area (Å²) in [6.45, 7) is 12.8. The fourth-order valence-electron chi connectivity index (χ4n) is 2.97. The molecule has 1 aromatic carbocycles. The van der Waals surface area contributed by atoms with Gasteiger partial charge in [0.25, 0.3) is 0 Å². The summed E-state index contributed by atoms with van der Waals surface area (Å²) >= 11 is 0. The zero-order valence-corrected chi connectivity index (χ0v) is 13.1. The van der Waals surface area contributed by atoms with Gasteiger partial charge in [-0.3, -0.25) is 4.90 Å². The molecule has 1 fully saturated rings. The molecule has 1 aromatic rings. The van der Waals surface area contributed by atoms with E-state index in [-0.39, 0.29) is 6.10 Å². The van der Waals surface area contributed by atoms with E-state index < -0.39 is 0 Å². The van der Waals surface area contributed by atoms with Gasteiger partial charge in [-0.2, -0.15) is 0 Å². The van der Waals surface area contributed by atoms with Gasteiger partial charge in [-0.05, 0) is 37.9 Å². The minimum absolute atomic E-state index is 0.368. The molecule has 1 atom stereocenters. The summed E-state index contributed by atoms with van der Waals surface area (Å²) in [5, 5.41) is 10.5. The van der Waals surface area contributed by atoms with Crippen molar-refractivity contribution in [2.24, 2.45) is 0 Å². The molecule has 1 saturated heterocycles. The normalized spacial score (nSPS) is 19.2. The van der Waals surface area contributed by atoms with E-state index in [4.69, 9.17) is 0 Å². The third-order valence-corrected chi connectivity index (χ3v) is 4.23. The third-order valence-electron chi connectivity index (χ3n) is 4.23. The van der Waals surface area contributed by atoms with Crippen LogP contribution in [-0.2, 0) is 0 Å². The quantitative estimate of drug-likeness (QED) is 0.894. The smallest absolute Gasteiger partial charge is 0.0919 e. The number of nitrogens with zero attached hydrogens (tertiary/aromatic N) is 2. The minimum atomic E-state index is -0.368. The van der Waals surface area contributed by atoms with Gasteiger partial charge in [-0.1, -0.05) is 30.7 Å². The second-order valence-corrected chi connectivity index (χ2v) is 6.02. The number of benzene rings is 1. The van der Waals surface area contributed by atoms with Crippen LogP contribution in [-0.4, -0.2) is 54.2 Å². The number of hydrogen-bond donors (Lipinski definition) is 1. The molecule has 1 aliphatic heterocycles. The van der Waals surface area contributed by atoms with E-state index in [1.807, 2.05) is 0 Å². The highest BCUT2D eigenvalue weighted by Crippen LogP contribution is 2.20. The summed E-state index contributed by atoms with van der Waals surface area (Å²) in [6.07, 6.45) is 0.859. The fraction of sp³-hybridized carbons (Fsp3) is 0.647. The molecule has 0 saturated carbocycles. The van der Waals surface area contributed by atoms with Crippen LogP contribution in [0.1, 0.15) is 36.1 Å². The van der Waals surface area contributed by atoms with Crippen molar-refractivity contribution in [1.82, 2.24) is 9.80 Å². The number of aryl methyl sites for hydroxylation is 2. The van der Waals surface area contributed by atoms with Crippen molar-refractivity contribution < 1.29 is 5.11 Å². The third kappa shape index (κ3) is 4.05. The van der Waals surface area contributed by atoms with Crippen molar-refractivity contribution in [3.05, 3.63) is 34.9 Å². The van der Waals surface area contributed by atoms with Crippen LogP contribution in [0.15, 0.2) is 18.2 Å². The topological polar surface area (TPSA) is 26.7 Å². The maximum Gasteiger partial charge on any atom is 0.0919 e. The summed E-state index contributed by atoms with van der Waals surface area (Å²) in [6, 6.07) is 6.33. The van der Waals surface area contributed by atoms with Crippen LogP contribution in [0.5, 0.6) is 0 Å². The highest BCUT2D eigenvalue weighted by atomic mass is 16.3. The summed E-state index contributed by atoms with van der Waals surface area (Å²) < 4.78 is 0. The highest BCUT2D eigenvalue weighted by Gasteiger charge is 2.20. The van der Waals surface area contributed by atoms with E-state index >= 15 is 0 Å². The lowest BCUT2D eigenvalue weighted by molar-refractivity contribution is 0.0723. The van der Waals surface area contributed by atoms with Crippen LogP contribution in [0.4, 0.5) is 0 Å². The summed E-state index contributed by atoms with van der Waals surface area (Å²) in [5.41, 5.74) is 3.49. The lowest BCUT2D eigenvalue weighted by atomic mass is 10.0. The van der Waals surface area contributed by atoms with Gasteiger partial charge < -0.3 is 10.0 Å². The Labute approximate surface area is 123 Å². The maximum atomic E-state index is 10.5. The zero-order valence-electron chi connectivity index (χ0n) is 13.1. The number of aliphatic hydroxyl groups excluding tert-OH is 1. The Morgan fingerprint density at radius 3 is 2.40 bits per heavy atom. The Hall–Kier alpha value is -0.900. The number of rotatable bonds is 5. The molecule has 3 heteroatoms. The largest absolute Gasteiger partial charge is 0.387 e. The average molecular weight is 276 g/mol. The van der Waals surface area contributed by atoms with E-state index in [2.05, 4.69) is 48.8 Å². The lowest BCUT2D eigenvalue weighted by Gasteiger charge is -2.35. The Bertz CT molecular complexity index is 425. The van der Waals surface area contributed by atoms with Gasteiger partial charge in [-0.25, -0.2) is 0 Å². The summed E-state index contributed by atoms with van der Waals surface area (Å²) in [5.74, 6) is 0. The molecule has 2 rings (SSSR count). The number of hydrogen-bond acceptors (Lipinski definition) is 3. The number of aliphatic hydroxyl groups is 1. The Morgan fingerprint density at radius 1 is 1.10 bits per heavy atom. The summed E-state index contributed by atoms with van der Waals surface area (Å²) in [7, 11) is 0. The first kappa shape index (κ1) is 15.5. The van der Waals surface area contributed by atoms with Crippen LogP contribution >= 0.6 is 0 Å². The molecule has 0 bridgehead atoms.